The van der Waals surface area contributed by atoms with Gasteiger partial charge in [0.15, 0.2) is 0 Å². The molecule has 0 bridgehead atoms. The summed E-state index contributed by atoms with van der Waals surface area (Å²) in [6, 6.07) is 14.1. The molecule has 5 nitrogen and oxygen atoms in total. The van der Waals surface area contributed by atoms with Gasteiger partial charge in [-0.05, 0) is 35.7 Å². The Morgan fingerprint density at radius 2 is 1.92 bits per heavy atom. The summed E-state index contributed by atoms with van der Waals surface area (Å²) in [6.45, 7) is 3.49. The third-order valence-electron chi connectivity index (χ3n) is 4.80. The lowest BCUT2D eigenvalue weighted by molar-refractivity contribution is -0.120. The van der Waals surface area contributed by atoms with Crippen molar-refractivity contribution in [3.05, 3.63) is 59.2 Å². The zero-order valence-corrected chi connectivity index (χ0v) is 15.5. The van der Waals surface area contributed by atoms with E-state index in [-0.39, 0.29) is 12.3 Å². The van der Waals surface area contributed by atoms with Crippen molar-refractivity contribution in [2.24, 2.45) is 0 Å². The standard InChI is InChI=1S/C21H26N2O3/c1-25-19-7-8-20(26-2)18(13-19)14-21(24)22-10-12-23-11-9-16-5-3-4-6-17(16)15-23/h3-8,13H,9-12,14-15H2,1-2H3,(H,22,24). The van der Waals surface area contributed by atoms with Crippen LogP contribution in [0.1, 0.15) is 16.7 Å². The molecule has 138 valence electrons. The van der Waals surface area contributed by atoms with Crippen LogP contribution in [0.3, 0.4) is 0 Å². The number of benzene rings is 2. The molecule has 5 heteroatoms. The molecule has 1 amide bonds. The summed E-state index contributed by atoms with van der Waals surface area (Å²) in [7, 11) is 3.22. The second-order valence-corrected chi connectivity index (χ2v) is 6.50. The fourth-order valence-corrected chi connectivity index (χ4v) is 3.35. The van der Waals surface area contributed by atoms with Crippen LogP contribution >= 0.6 is 0 Å². The number of methoxy groups -OCH3 is 2. The number of amides is 1. The molecule has 0 spiro atoms. The summed E-state index contributed by atoms with van der Waals surface area (Å²) in [5.74, 6) is 1.42. The molecule has 0 aromatic heterocycles. The minimum Gasteiger partial charge on any atom is -0.497 e. The molecule has 0 aliphatic carbocycles. The predicted octanol–water partition coefficient (Wildman–Crippen LogP) is 2.42. The minimum atomic E-state index is -0.00559. The number of carbonyl (C=O) groups is 1. The van der Waals surface area contributed by atoms with Gasteiger partial charge in [0.1, 0.15) is 11.5 Å². The second kappa shape index (κ2) is 8.72. The number of carbonyl (C=O) groups excluding carboxylic acids is 1. The Bertz CT molecular complexity index is 761. The molecule has 3 rings (SSSR count). The van der Waals surface area contributed by atoms with Crippen molar-refractivity contribution in [2.75, 3.05) is 33.9 Å². The number of hydrogen-bond donors (Lipinski definition) is 1. The van der Waals surface area contributed by atoms with Gasteiger partial charge < -0.3 is 14.8 Å². The van der Waals surface area contributed by atoms with E-state index >= 15 is 0 Å². The summed E-state index contributed by atoms with van der Waals surface area (Å²) in [5.41, 5.74) is 3.67. The van der Waals surface area contributed by atoms with Gasteiger partial charge in [-0.15, -0.1) is 0 Å². The highest BCUT2D eigenvalue weighted by Gasteiger charge is 2.16. The Kier molecular flexibility index (Phi) is 6.12. The number of hydrogen-bond acceptors (Lipinski definition) is 4. The number of nitrogens with zero attached hydrogens (tertiary/aromatic N) is 1. The highest BCUT2D eigenvalue weighted by Crippen LogP contribution is 2.24. The highest BCUT2D eigenvalue weighted by molar-refractivity contribution is 5.79. The molecule has 0 unspecified atom stereocenters. The van der Waals surface area contributed by atoms with E-state index in [1.165, 1.54) is 11.1 Å². The summed E-state index contributed by atoms with van der Waals surface area (Å²) >= 11 is 0. The van der Waals surface area contributed by atoms with Gasteiger partial charge >= 0.3 is 0 Å². The van der Waals surface area contributed by atoms with E-state index in [2.05, 4.69) is 34.5 Å². The summed E-state index contributed by atoms with van der Waals surface area (Å²) in [5, 5.41) is 3.01. The van der Waals surface area contributed by atoms with E-state index in [1.54, 1.807) is 14.2 Å². The fourth-order valence-electron chi connectivity index (χ4n) is 3.35. The van der Waals surface area contributed by atoms with Crippen LogP contribution in [0, 0.1) is 0 Å². The van der Waals surface area contributed by atoms with Crippen LogP contribution in [-0.2, 0) is 24.2 Å². The molecule has 1 heterocycles. The Hall–Kier alpha value is -2.53. The number of rotatable bonds is 7. The van der Waals surface area contributed by atoms with E-state index in [0.717, 1.165) is 37.4 Å². The third-order valence-corrected chi connectivity index (χ3v) is 4.80. The molecule has 2 aromatic rings. The first-order valence-electron chi connectivity index (χ1n) is 8.96. The van der Waals surface area contributed by atoms with Gasteiger partial charge in [-0.3, -0.25) is 9.69 Å². The zero-order valence-electron chi connectivity index (χ0n) is 15.5. The third kappa shape index (κ3) is 4.55. The molecule has 26 heavy (non-hydrogen) atoms. The van der Waals surface area contributed by atoms with Crippen LogP contribution in [0.2, 0.25) is 0 Å². The molecular weight excluding hydrogens is 328 g/mol. The maximum absolute atomic E-state index is 12.3. The molecule has 0 fully saturated rings. The van der Waals surface area contributed by atoms with Crippen molar-refractivity contribution in [2.45, 2.75) is 19.4 Å². The van der Waals surface area contributed by atoms with Crippen LogP contribution in [-0.4, -0.2) is 44.7 Å². The van der Waals surface area contributed by atoms with Crippen LogP contribution in [0.25, 0.3) is 0 Å². The molecule has 1 aliphatic heterocycles. The topological polar surface area (TPSA) is 50.8 Å². The Morgan fingerprint density at radius 3 is 2.69 bits per heavy atom. The maximum atomic E-state index is 12.3. The van der Waals surface area contributed by atoms with Crippen LogP contribution in [0.15, 0.2) is 42.5 Å². The van der Waals surface area contributed by atoms with Gasteiger partial charge in [-0.2, -0.15) is 0 Å². The zero-order chi connectivity index (χ0) is 18.4. The SMILES string of the molecule is COc1ccc(OC)c(CC(=O)NCCN2CCc3ccccc3C2)c1. The van der Waals surface area contributed by atoms with Crippen LogP contribution in [0.5, 0.6) is 11.5 Å². The van der Waals surface area contributed by atoms with Gasteiger partial charge in [0.2, 0.25) is 5.91 Å². The molecule has 1 aliphatic rings. The smallest absolute Gasteiger partial charge is 0.224 e. The summed E-state index contributed by atoms with van der Waals surface area (Å²) in [4.78, 5) is 14.7. The van der Waals surface area contributed by atoms with Gasteiger partial charge in [0.05, 0.1) is 20.6 Å². The summed E-state index contributed by atoms with van der Waals surface area (Å²) in [6.07, 6.45) is 1.36. The van der Waals surface area contributed by atoms with Crippen LogP contribution < -0.4 is 14.8 Å². The van der Waals surface area contributed by atoms with Crippen molar-refractivity contribution in [1.29, 1.82) is 0 Å². The largest absolute Gasteiger partial charge is 0.497 e. The molecule has 2 aromatic carbocycles. The molecule has 0 atom stereocenters. The maximum Gasteiger partial charge on any atom is 0.224 e. The van der Waals surface area contributed by atoms with Crippen molar-refractivity contribution in [3.63, 3.8) is 0 Å². The Morgan fingerprint density at radius 1 is 1.12 bits per heavy atom. The first kappa shape index (κ1) is 18.3. The van der Waals surface area contributed by atoms with Crippen molar-refractivity contribution in [3.8, 4) is 11.5 Å². The van der Waals surface area contributed by atoms with Gasteiger partial charge in [-0.1, -0.05) is 24.3 Å². The van der Waals surface area contributed by atoms with Crippen molar-refractivity contribution >= 4 is 5.91 Å². The minimum absolute atomic E-state index is 0.00559. The first-order chi connectivity index (χ1) is 12.7. The second-order valence-electron chi connectivity index (χ2n) is 6.50. The van der Waals surface area contributed by atoms with E-state index in [4.69, 9.17) is 9.47 Å². The average Bonchev–Trinajstić information content (AvgIpc) is 2.67. The van der Waals surface area contributed by atoms with E-state index in [0.29, 0.717) is 12.3 Å². The van der Waals surface area contributed by atoms with E-state index < -0.39 is 0 Å². The molecule has 1 N–H and O–H groups in total. The van der Waals surface area contributed by atoms with Gasteiger partial charge in [-0.25, -0.2) is 0 Å². The van der Waals surface area contributed by atoms with Crippen molar-refractivity contribution in [1.82, 2.24) is 10.2 Å². The number of ether oxygens (including phenoxy) is 2. The van der Waals surface area contributed by atoms with E-state index in [1.807, 2.05) is 18.2 Å². The van der Waals surface area contributed by atoms with Gasteiger partial charge in [0.25, 0.3) is 0 Å². The first-order valence-corrected chi connectivity index (χ1v) is 8.96. The number of fused-ring (bicyclic) bond motifs is 1. The molecule has 0 radical (unpaired) electrons. The monoisotopic (exact) mass is 354 g/mol. The molecule has 0 saturated carbocycles. The normalized spacial score (nSPS) is 13.8. The summed E-state index contributed by atoms with van der Waals surface area (Å²) < 4.78 is 10.6. The Balaban J connectivity index is 1.48. The lowest BCUT2D eigenvalue weighted by Crippen LogP contribution is -2.38. The molecule has 0 saturated heterocycles. The average molecular weight is 354 g/mol. The predicted molar refractivity (Wildman–Crippen MR) is 102 cm³/mol. The lowest BCUT2D eigenvalue weighted by atomic mass is 10.00. The highest BCUT2D eigenvalue weighted by atomic mass is 16.5. The lowest BCUT2D eigenvalue weighted by Gasteiger charge is -2.28. The Labute approximate surface area is 154 Å². The molecular formula is C21H26N2O3. The van der Waals surface area contributed by atoms with Gasteiger partial charge in [0, 0.05) is 31.7 Å². The van der Waals surface area contributed by atoms with Crippen LogP contribution in [0.4, 0.5) is 0 Å². The quantitative estimate of drug-likeness (QED) is 0.830. The van der Waals surface area contributed by atoms with Crippen molar-refractivity contribution < 1.29 is 14.3 Å². The van der Waals surface area contributed by atoms with E-state index in [9.17, 15) is 4.79 Å². The number of nitrogens with one attached hydrogen (secondary N) is 1. The fraction of sp³-hybridized carbons (Fsp3) is 0.381.